The zero-order valence-corrected chi connectivity index (χ0v) is 8.74. The number of rotatable bonds is 1. The van der Waals surface area contributed by atoms with Crippen LogP contribution in [0.1, 0.15) is 15.9 Å². The van der Waals surface area contributed by atoms with E-state index in [0.29, 0.717) is 15.6 Å². The van der Waals surface area contributed by atoms with Gasteiger partial charge in [0.15, 0.2) is 0 Å². The van der Waals surface area contributed by atoms with Crippen molar-refractivity contribution in [2.75, 3.05) is 7.11 Å². The third kappa shape index (κ3) is 2.14. The summed E-state index contributed by atoms with van der Waals surface area (Å²) in [6.07, 6.45) is 0. The van der Waals surface area contributed by atoms with Crippen molar-refractivity contribution >= 4 is 29.2 Å². The highest BCUT2D eigenvalue weighted by Gasteiger charge is 2.13. The first-order valence-electron chi connectivity index (χ1n) is 3.60. The van der Waals surface area contributed by atoms with Gasteiger partial charge in [0.25, 0.3) is 0 Å². The average molecular weight is 219 g/mol. The first kappa shape index (κ1) is 10.4. The van der Waals surface area contributed by atoms with Crippen molar-refractivity contribution in [1.29, 1.82) is 0 Å². The molecule has 0 aliphatic carbocycles. The van der Waals surface area contributed by atoms with Crippen LogP contribution in [0, 0.1) is 6.92 Å². The fraction of sp³-hybridized carbons (Fsp3) is 0.222. The van der Waals surface area contributed by atoms with Gasteiger partial charge in [0.05, 0.1) is 17.7 Å². The number of hydrogen-bond acceptors (Lipinski definition) is 2. The average Bonchev–Trinajstić information content (AvgIpc) is 2.10. The van der Waals surface area contributed by atoms with Gasteiger partial charge >= 0.3 is 5.97 Å². The molecule has 0 saturated heterocycles. The topological polar surface area (TPSA) is 26.3 Å². The van der Waals surface area contributed by atoms with Crippen molar-refractivity contribution in [1.82, 2.24) is 0 Å². The molecule has 0 bridgehead atoms. The molecule has 0 spiro atoms. The highest BCUT2D eigenvalue weighted by atomic mass is 35.5. The highest BCUT2D eigenvalue weighted by Crippen LogP contribution is 2.25. The molecular formula is C9H8Cl2O2. The summed E-state index contributed by atoms with van der Waals surface area (Å²) in [5.74, 6) is -0.476. The lowest BCUT2D eigenvalue weighted by Gasteiger charge is -2.05. The predicted octanol–water partition coefficient (Wildman–Crippen LogP) is 3.09. The molecule has 4 heteroatoms. The van der Waals surface area contributed by atoms with Crippen molar-refractivity contribution in [3.63, 3.8) is 0 Å². The molecule has 0 unspecified atom stereocenters. The smallest absolute Gasteiger partial charge is 0.339 e. The van der Waals surface area contributed by atoms with E-state index in [4.69, 9.17) is 23.2 Å². The maximum absolute atomic E-state index is 11.2. The van der Waals surface area contributed by atoms with E-state index < -0.39 is 5.97 Å². The van der Waals surface area contributed by atoms with Crippen LogP contribution < -0.4 is 0 Å². The minimum Gasteiger partial charge on any atom is -0.465 e. The van der Waals surface area contributed by atoms with Gasteiger partial charge in [-0.15, -0.1) is 0 Å². The van der Waals surface area contributed by atoms with Crippen LogP contribution in [0.4, 0.5) is 0 Å². The van der Waals surface area contributed by atoms with Gasteiger partial charge in [0.1, 0.15) is 0 Å². The minimum atomic E-state index is -0.476. The second kappa shape index (κ2) is 3.99. The fourth-order valence-corrected chi connectivity index (χ4v) is 1.44. The van der Waals surface area contributed by atoms with E-state index in [1.54, 1.807) is 13.0 Å². The predicted molar refractivity (Wildman–Crippen MR) is 52.5 cm³/mol. The second-order valence-corrected chi connectivity index (χ2v) is 3.39. The molecule has 1 rings (SSSR count). The largest absolute Gasteiger partial charge is 0.465 e. The number of carbonyl (C=O) groups is 1. The van der Waals surface area contributed by atoms with Gasteiger partial charge in [-0.3, -0.25) is 0 Å². The molecule has 2 nitrogen and oxygen atoms in total. The zero-order valence-electron chi connectivity index (χ0n) is 7.23. The fourth-order valence-electron chi connectivity index (χ4n) is 0.984. The molecule has 0 saturated carbocycles. The summed E-state index contributed by atoms with van der Waals surface area (Å²) in [6.45, 7) is 1.78. The summed E-state index contributed by atoms with van der Waals surface area (Å²) in [6, 6.07) is 3.18. The molecule has 13 heavy (non-hydrogen) atoms. The number of esters is 1. The summed E-state index contributed by atoms with van der Waals surface area (Å²) in [5.41, 5.74) is 1.06. The molecule has 70 valence electrons. The zero-order chi connectivity index (χ0) is 10.0. The van der Waals surface area contributed by atoms with Crippen molar-refractivity contribution < 1.29 is 9.53 Å². The third-order valence-electron chi connectivity index (χ3n) is 1.62. The Morgan fingerprint density at radius 2 is 2.00 bits per heavy atom. The van der Waals surface area contributed by atoms with Crippen LogP contribution in [0.3, 0.4) is 0 Å². The standard InChI is InChI=1S/C9H8Cl2O2/c1-5-3-6(10)4-7(8(5)11)9(12)13-2/h3-4H,1-2H3. The Morgan fingerprint density at radius 1 is 1.38 bits per heavy atom. The number of hydrogen-bond donors (Lipinski definition) is 0. The Kier molecular flexibility index (Phi) is 3.17. The Hall–Kier alpha value is -0.730. The molecule has 1 aromatic rings. The van der Waals surface area contributed by atoms with Gasteiger partial charge in [-0.05, 0) is 24.6 Å². The van der Waals surface area contributed by atoms with Gasteiger partial charge in [-0.25, -0.2) is 4.79 Å². The van der Waals surface area contributed by atoms with Crippen LogP contribution in [0.5, 0.6) is 0 Å². The molecule has 0 heterocycles. The number of ether oxygens (including phenoxy) is 1. The number of aryl methyl sites for hydroxylation is 1. The number of halogens is 2. The summed E-state index contributed by atoms with van der Waals surface area (Å²) >= 11 is 11.6. The summed E-state index contributed by atoms with van der Waals surface area (Å²) in [7, 11) is 1.30. The van der Waals surface area contributed by atoms with Crippen LogP contribution in [0.25, 0.3) is 0 Å². The van der Waals surface area contributed by atoms with Crippen molar-refractivity contribution in [3.8, 4) is 0 Å². The Balaban J connectivity index is 3.28. The van der Waals surface area contributed by atoms with Crippen molar-refractivity contribution in [3.05, 3.63) is 33.3 Å². The molecule has 0 amide bonds. The van der Waals surface area contributed by atoms with Crippen LogP contribution in [-0.2, 0) is 4.74 Å². The van der Waals surface area contributed by atoms with E-state index in [2.05, 4.69) is 4.74 Å². The molecule has 0 fully saturated rings. The van der Waals surface area contributed by atoms with Crippen LogP contribution in [-0.4, -0.2) is 13.1 Å². The lowest BCUT2D eigenvalue weighted by Crippen LogP contribution is -2.02. The molecule has 0 radical (unpaired) electrons. The highest BCUT2D eigenvalue weighted by molar-refractivity contribution is 6.36. The minimum absolute atomic E-state index is 0.300. The molecule has 0 aliphatic rings. The van der Waals surface area contributed by atoms with E-state index in [1.165, 1.54) is 13.2 Å². The van der Waals surface area contributed by atoms with Gasteiger partial charge in [-0.1, -0.05) is 23.2 Å². The van der Waals surface area contributed by atoms with Crippen LogP contribution in [0.2, 0.25) is 10.0 Å². The lowest BCUT2D eigenvalue weighted by atomic mass is 10.1. The maximum atomic E-state index is 11.2. The summed E-state index contributed by atoms with van der Waals surface area (Å²) in [4.78, 5) is 11.2. The van der Waals surface area contributed by atoms with Crippen LogP contribution in [0.15, 0.2) is 12.1 Å². The second-order valence-electron chi connectivity index (χ2n) is 2.58. The normalized spacial score (nSPS) is 9.85. The molecule has 0 N–H and O–H groups in total. The first-order valence-corrected chi connectivity index (χ1v) is 4.36. The maximum Gasteiger partial charge on any atom is 0.339 e. The van der Waals surface area contributed by atoms with Gasteiger partial charge in [0.2, 0.25) is 0 Å². The SMILES string of the molecule is COC(=O)c1cc(Cl)cc(C)c1Cl. The monoisotopic (exact) mass is 218 g/mol. The Labute approximate surface area is 86.4 Å². The molecular weight excluding hydrogens is 211 g/mol. The van der Waals surface area contributed by atoms with Crippen molar-refractivity contribution in [2.45, 2.75) is 6.92 Å². The third-order valence-corrected chi connectivity index (χ3v) is 2.34. The first-order chi connectivity index (χ1) is 6.06. The Bertz CT molecular complexity index is 348. The van der Waals surface area contributed by atoms with E-state index in [9.17, 15) is 4.79 Å². The number of carbonyl (C=O) groups excluding carboxylic acids is 1. The van der Waals surface area contributed by atoms with Gasteiger partial charge < -0.3 is 4.74 Å². The van der Waals surface area contributed by atoms with Crippen LogP contribution >= 0.6 is 23.2 Å². The van der Waals surface area contributed by atoms with E-state index >= 15 is 0 Å². The van der Waals surface area contributed by atoms with Crippen molar-refractivity contribution in [2.24, 2.45) is 0 Å². The van der Waals surface area contributed by atoms with E-state index in [1.807, 2.05) is 0 Å². The summed E-state index contributed by atoms with van der Waals surface area (Å²) in [5, 5.41) is 0.860. The molecule has 0 aliphatic heterocycles. The number of benzene rings is 1. The molecule has 0 aromatic heterocycles. The van der Waals surface area contributed by atoms with E-state index in [-0.39, 0.29) is 0 Å². The lowest BCUT2D eigenvalue weighted by molar-refractivity contribution is 0.0601. The van der Waals surface area contributed by atoms with Gasteiger partial charge in [-0.2, -0.15) is 0 Å². The van der Waals surface area contributed by atoms with E-state index in [0.717, 1.165) is 5.56 Å². The molecule has 1 aromatic carbocycles. The van der Waals surface area contributed by atoms with Gasteiger partial charge in [0, 0.05) is 5.02 Å². The Morgan fingerprint density at radius 3 is 2.54 bits per heavy atom. The molecule has 0 atom stereocenters. The number of methoxy groups -OCH3 is 1. The quantitative estimate of drug-likeness (QED) is 0.678. The summed E-state index contributed by atoms with van der Waals surface area (Å²) < 4.78 is 4.55.